The number of halogens is 2. The Morgan fingerprint density at radius 1 is 1.50 bits per heavy atom. The number of rotatable bonds is 1. The molecule has 0 aliphatic carbocycles. The van der Waals surface area contributed by atoms with Crippen LogP contribution in [0.2, 0.25) is 0 Å². The fourth-order valence-corrected chi connectivity index (χ4v) is 0. The molecule has 0 aromatic heterocycles. The van der Waals surface area contributed by atoms with Crippen molar-refractivity contribution < 1.29 is 51.4 Å². The van der Waals surface area contributed by atoms with Gasteiger partial charge in [-0.15, -0.1) is 23.2 Å². The summed E-state index contributed by atoms with van der Waals surface area (Å²) in [4.78, 5) is -0.282. The van der Waals surface area contributed by atoms with Crippen molar-refractivity contribution in [2.75, 3.05) is 0 Å². The van der Waals surface area contributed by atoms with E-state index in [1.807, 2.05) is 0 Å². The van der Waals surface area contributed by atoms with Crippen molar-refractivity contribution in [3.05, 3.63) is 6.92 Å². The molecule has 0 bridgehead atoms. The first-order chi connectivity index (χ1) is 2.27. The average molecular weight is 151 g/mol. The smallest absolute Gasteiger partial charge is 0.341 e. The van der Waals surface area contributed by atoms with Gasteiger partial charge in [0.1, 0.15) is 0 Å². The van der Waals surface area contributed by atoms with Gasteiger partial charge in [0, 0.05) is 0 Å². The third-order valence-electron chi connectivity index (χ3n) is 0.218. The van der Waals surface area contributed by atoms with Crippen LogP contribution in [0.5, 0.6) is 0 Å². The van der Waals surface area contributed by atoms with E-state index in [9.17, 15) is 0 Å². The normalized spacial score (nSPS) is 8.00. The summed E-state index contributed by atoms with van der Waals surface area (Å²) in [6.45, 7) is 3.42. The van der Waals surface area contributed by atoms with Crippen LogP contribution in [0, 0.1) is 6.92 Å². The molecule has 0 N–H and O–H groups in total. The van der Waals surface area contributed by atoms with Crippen LogP contribution < -0.4 is 51.4 Å². The number of hydrogen-bond acceptors (Lipinski definition) is 0. The van der Waals surface area contributed by atoms with E-state index < -0.39 is 0 Å². The summed E-state index contributed by atoms with van der Waals surface area (Å²) in [6.07, 6.45) is 0.586. The summed E-state index contributed by atoms with van der Waals surface area (Å²) in [5, 5.41) is 0. The van der Waals surface area contributed by atoms with E-state index in [0.717, 1.165) is 0 Å². The van der Waals surface area contributed by atoms with Crippen LogP contribution in [0.3, 0.4) is 0 Å². The standard InChI is InChI=1S/C3H5Cl2.K/c1-2-3(4)5;/h3H,1-2H2;/q-1;+1. The molecule has 0 radical (unpaired) electrons. The molecule has 0 amide bonds. The van der Waals surface area contributed by atoms with Crippen LogP contribution in [0.15, 0.2) is 0 Å². The minimum Gasteiger partial charge on any atom is -0.341 e. The van der Waals surface area contributed by atoms with Gasteiger partial charge in [-0.05, 0) is 0 Å². The minimum absolute atomic E-state index is 0. The van der Waals surface area contributed by atoms with E-state index in [1.54, 1.807) is 0 Å². The molecule has 0 saturated carbocycles. The maximum atomic E-state index is 5.17. The van der Waals surface area contributed by atoms with E-state index in [4.69, 9.17) is 23.2 Å². The zero-order chi connectivity index (χ0) is 4.28. The van der Waals surface area contributed by atoms with Crippen molar-refractivity contribution in [1.29, 1.82) is 0 Å². The molecule has 0 aliphatic rings. The monoisotopic (exact) mass is 150 g/mol. The first kappa shape index (κ1) is 11.1. The Morgan fingerprint density at radius 2 is 1.67 bits per heavy atom. The van der Waals surface area contributed by atoms with E-state index in [-0.39, 0.29) is 56.2 Å². The summed E-state index contributed by atoms with van der Waals surface area (Å²) in [5.74, 6) is 0. The number of hydrogen-bond donors (Lipinski definition) is 0. The molecule has 6 heavy (non-hydrogen) atoms. The largest absolute Gasteiger partial charge is 1.00 e. The molecule has 0 aromatic rings. The van der Waals surface area contributed by atoms with Gasteiger partial charge in [-0.2, -0.15) is 6.42 Å². The first-order valence-electron chi connectivity index (χ1n) is 1.34. The zero-order valence-electron chi connectivity index (χ0n) is 3.75. The predicted molar refractivity (Wildman–Crippen MR) is 25.5 cm³/mol. The molecule has 0 aromatic carbocycles. The van der Waals surface area contributed by atoms with Gasteiger partial charge < -0.3 is 6.92 Å². The predicted octanol–water partition coefficient (Wildman–Crippen LogP) is -0.982. The summed E-state index contributed by atoms with van der Waals surface area (Å²) >= 11 is 10.3. The quantitative estimate of drug-likeness (QED) is 0.256. The zero-order valence-corrected chi connectivity index (χ0v) is 8.38. The van der Waals surface area contributed by atoms with E-state index in [0.29, 0.717) is 6.42 Å². The van der Waals surface area contributed by atoms with Gasteiger partial charge in [0.15, 0.2) is 0 Å². The van der Waals surface area contributed by atoms with Crippen molar-refractivity contribution in [3.63, 3.8) is 0 Å². The van der Waals surface area contributed by atoms with Crippen LogP contribution in [-0.4, -0.2) is 4.84 Å². The number of alkyl halides is 2. The van der Waals surface area contributed by atoms with Gasteiger partial charge in [0.25, 0.3) is 0 Å². The second-order valence-corrected chi connectivity index (χ2v) is 1.96. The summed E-state index contributed by atoms with van der Waals surface area (Å²) < 4.78 is 0. The molecule has 0 unspecified atom stereocenters. The van der Waals surface area contributed by atoms with Crippen LogP contribution in [0.25, 0.3) is 0 Å². The summed E-state index contributed by atoms with van der Waals surface area (Å²) in [6, 6.07) is 0. The average Bonchev–Trinajstić information content (AvgIpc) is 1.38. The molecule has 0 atom stereocenters. The molecule has 0 saturated heterocycles. The van der Waals surface area contributed by atoms with Crippen molar-refractivity contribution in [2.24, 2.45) is 0 Å². The molecular formula is C3H5Cl2K. The van der Waals surface area contributed by atoms with Crippen LogP contribution in [0.4, 0.5) is 0 Å². The van der Waals surface area contributed by atoms with Crippen molar-refractivity contribution >= 4 is 23.2 Å². The van der Waals surface area contributed by atoms with Gasteiger partial charge in [0.05, 0.1) is 4.84 Å². The van der Waals surface area contributed by atoms with Crippen LogP contribution in [0.1, 0.15) is 6.42 Å². The molecule has 32 valence electrons. The molecular weight excluding hydrogens is 146 g/mol. The Morgan fingerprint density at radius 3 is 1.67 bits per heavy atom. The van der Waals surface area contributed by atoms with Crippen LogP contribution in [-0.2, 0) is 0 Å². The Balaban J connectivity index is 0. The second kappa shape index (κ2) is 7.22. The Labute approximate surface area is 91.0 Å². The van der Waals surface area contributed by atoms with Gasteiger partial charge in [0.2, 0.25) is 0 Å². The Bertz CT molecular complexity index is 22.8. The molecule has 0 heterocycles. The maximum Gasteiger partial charge on any atom is 1.00 e. The van der Waals surface area contributed by atoms with Crippen molar-refractivity contribution in [3.8, 4) is 0 Å². The van der Waals surface area contributed by atoms with Gasteiger partial charge in [-0.25, -0.2) is 0 Å². The summed E-state index contributed by atoms with van der Waals surface area (Å²) in [7, 11) is 0. The molecule has 0 spiro atoms. The molecule has 0 rings (SSSR count). The van der Waals surface area contributed by atoms with Gasteiger partial charge >= 0.3 is 51.4 Å². The SMILES string of the molecule is [CH2-]CC(Cl)Cl.[K+]. The fraction of sp³-hybridized carbons (Fsp3) is 0.667. The van der Waals surface area contributed by atoms with Crippen molar-refractivity contribution in [1.82, 2.24) is 0 Å². The second-order valence-electron chi connectivity index (χ2n) is 0.680. The molecule has 0 nitrogen and oxygen atoms in total. The maximum absolute atomic E-state index is 5.17. The molecule has 0 fully saturated rings. The molecule has 0 aliphatic heterocycles. The fourth-order valence-electron chi connectivity index (χ4n) is 0. The Hall–Kier alpha value is 2.22. The van der Waals surface area contributed by atoms with Crippen molar-refractivity contribution in [2.45, 2.75) is 11.3 Å². The minimum atomic E-state index is -0.282. The third kappa shape index (κ3) is 9.51. The summed E-state index contributed by atoms with van der Waals surface area (Å²) in [5.41, 5.74) is 0. The van der Waals surface area contributed by atoms with E-state index >= 15 is 0 Å². The molecule has 3 heteroatoms. The van der Waals surface area contributed by atoms with E-state index in [1.165, 1.54) is 0 Å². The Kier molecular flexibility index (Phi) is 13.3. The van der Waals surface area contributed by atoms with Gasteiger partial charge in [-0.1, -0.05) is 0 Å². The topological polar surface area (TPSA) is 0 Å². The van der Waals surface area contributed by atoms with Gasteiger partial charge in [-0.3, -0.25) is 0 Å². The van der Waals surface area contributed by atoms with Crippen LogP contribution >= 0.6 is 23.2 Å². The first-order valence-corrected chi connectivity index (χ1v) is 2.22. The third-order valence-corrected chi connectivity index (χ3v) is 0.655. The van der Waals surface area contributed by atoms with E-state index in [2.05, 4.69) is 6.92 Å².